The quantitative estimate of drug-likeness (QED) is 0.288. The molecule has 0 aromatic heterocycles. The van der Waals surface area contributed by atoms with Gasteiger partial charge < -0.3 is 19.9 Å². The third kappa shape index (κ3) is 6.10. The molecule has 1 heterocycles. The monoisotopic (exact) mass is 520 g/mol. The van der Waals surface area contributed by atoms with Gasteiger partial charge in [-0.15, -0.1) is 0 Å². The summed E-state index contributed by atoms with van der Waals surface area (Å²) in [4.78, 5) is 37.8. The second-order valence-electron chi connectivity index (χ2n) is 8.43. The van der Waals surface area contributed by atoms with Crippen LogP contribution < -0.4 is 14.8 Å². The number of nitrogens with zero attached hydrogens (tertiary/aromatic N) is 1. The fraction of sp³-hybridized carbons (Fsp3) is 0.179. The number of nitrogens with one attached hydrogen (secondary N) is 1. The summed E-state index contributed by atoms with van der Waals surface area (Å²) < 4.78 is 11.6. The van der Waals surface area contributed by atoms with Gasteiger partial charge in [0.2, 0.25) is 0 Å². The number of carbonyl (C=O) groups excluding carboxylic acids is 2. The Morgan fingerprint density at radius 2 is 1.81 bits per heavy atom. The molecule has 1 aliphatic heterocycles. The molecular weight excluding hydrogens is 496 g/mol. The lowest BCUT2D eigenvalue weighted by molar-refractivity contribution is -0.123. The minimum atomic E-state index is -1.03. The van der Waals surface area contributed by atoms with Crippen LogP contribution in [0.25, 0.3) is 6.08 Å². The van der Waals surface area contributed by atoms with Gasteiger partial charge in [-0.25, -0.2) is 9.59 Å². The lowest BCUT2D eigenvalue weighted by Gasteiger charge is -2.15. The Balaban J connectivity index is 1.55. The lowest BCUT2D eigenvalue weighted by Crippen LogP contribution is -2.30. The highest BCUT2D eigenvalue weighted by atomic mass is 35.5. The Morgan fingerprint density at radius 1 is 1.05 bits per heavy atom. The van der Waals surface area contributed by atoms with Gasteiger partial charge in [0.25, 0.3) is 5.91 Å². The smallest absolute Gasteiger partial charge is 0.335 e. The zero-order valence-corrected chi connectivity index (χ0v) is 21.0. The predicted octanol–water partition coefficient (Wildman–Crippen LogP) is 5.42. The minimum absolute atomic E-state index is 0.0732. The minimum Gasteiger partial charge on any atom is -0.490 e. The number of halogens is 1. The van der Waals surface area contributed by atoms with Crippen LogP contribution in [-0.2, 0) is 17.9 Å². The van der Waals surface area contributed by atoms with Gasteiger partial charge in [0.15, 0.2) is 11.5 Å². The Bertz CT molecular complexity index is 1400. The Labute approximate surface area is 219 Å². The number of ether oxygens (including phenoxy) is 2. The highest BCUT2D eigenvalue weighted by Gasteiger charge is 2.33. The number of hydrogen-bond acceptors (Lipinski definition) is 5. The summed E-state index contributed by atoms with van der Waals surface area (Å²) in [5.74, 6) is -0.837. The maximum atomic E-state index is 13.0. The van der Waals surface area contributed by atoms with Gasteiger partial charge in [-0.05, 0) is 60.9 Å². The van der Waals surface area contributed by atoms with E-state index in [0.717, 1.165) is 16.0 Å². The molecular formula is C28H25ClN2O6. The SMILES string of the molecule is CCOc1cc(/C=C2/NC(=O)N(Cc3cccc(C)c3)C2=O)cc(Cl)c1OCc1cccc(C(=O)O)c1. The molecule has 2 N–H and O–H groups in total. The summed E-state index contributed by atoms with van der Waals surface area (Å²) in [6, 6.07) is 16.8. The number of aryl methyl sites for hydroxylation is 1. The van der Waals surface area contributed by atoms with Gasteiger partial charge in [0, 0.05) is 0 Å². The van der Waals surface area contributed by atoms with Crippen molar-refractivity contribution in [1.82, 2.24) is 10.2 Å². The Hall–Kier alpha value is -4.30. The van der Waals surface area contributed by atoms with Crippen LogP contribution in [0.15, 0.2) is 66.4 Å². The third-order valence-corrected chi connectivity index (χ3v) is 5.87. The van der Waals surface area contributed by atoms with Crippen LogP contribution >= 0.6 is 11.6 Å². The molecule has 3 aromatic rings. The molecule has 1 fully saturated rings. The number of aromatic carboxylic acids is 1. The molecule has 1 saturated heterocycles. The van der Waals surface area contributed by atoms with Crippen molar-refractivity contribution in [2.75, 3.05) is 6.61 Å². The van der Waals surface area contributed by atoms with E-state index in [1.807, 2.05) is 38.1 Å². The summed E-state index contributed by atoms with van der Waals surface area (Å²) in [6.07, 6.45) is 1.53. The number of hydrogen-bond donors (Lipinski definition) is 2. The number of carboxylic acids is 1. The van der Waals surface area contributed by atoms with E-state index in [2.05, 4.69) is 5.32 Å². The van der Waals surface area contributed by atoms with Gasteiger partial charge in [-0.2, -0.15) is 0 Å². The van der Waals surface area contributed by atoms with Gasteiger partial charge in [0.1, 0.15) is 12.3 Å². The first kappa shape index (κ1) is 25.8. The topological polar surface area (TPSA) is 105 Å². The molecule has 3 aromatic carbocycles. The summed E-state index contributed by atoms with van der Waals surface area (Å²) in [7, 11) is 0. The number of carbonyl (C=O) groups is 3. The van der Waals surface area contributed by atoms with Crippen LogP contribution in [0.3, 0.4) is 0 Å². The summed E-state index contributed by atoms with van der Waals surface area (Å²) >= 11 is 6.51. The van der Waals surface area contributed by atoms with Gasteiger partial charge >= 0.3 is 12.0 Å². The number of amides is 3. The van der Waals surface area contributed by atoms with E-state index in [9.17, 15) is 19.5 Å². The zero-order chi connectivity index (χ0) is 26.5. The zero-order valence-electron chi connectivity index (χ0n) is 20.3. The highest BCUT2D eigenvalue weighted by Crippen LogP contribution is 2.38. The molecule has 9 heteroatoms. The van der Waals surface area contributed by atoms with E-state index >= 15 is 0 Å². The molecule has 4 rings (SSSR count). The fourth-order valence-corrected chi connectivity index (χ4v) is 4.17. The van der Waals surface area contributed by atoms with E-state index in [1.165, 1.54) is 18.2 Å². The molecule has 1 aliphatic rings. The normalized spacial score (nSPS) is 14.1. The summed E-state index contributed by atoms with van der Waals surface area (Å²) in [5, 5.41) is 12.1. The van der Waals surface area contributed by atoms with Crippen LogP contribution in [0.5, 0.6) is 11.5 Å². The Morgan fingerprint density at radius 3 is 2.54 bits per heavy atom. The molecule has 8 nitrogen and oxygen atoms in total. The maximum Gasteiger partial charge on any atom is 0.335 e. The van der Waals surface area contributed by atoms with Crippen molar-refractivity contribution in [2.24, 2.45) is 0 Å². The number of rotatable bonds is 9. The second-order valence-corrected chi connectivity index (χ2v) is 8.83. The molecule has 0 aliphatic carbocycles. The lowest BCUT2D eigenvalue weighted by atomic mass is 10.1. The van der Waals surface area contributed by atoms with E-state index in [1.54, 1.807) is 24.3 Å². The largest absolute Gasteiger partial charge is 0.490 e. The van der Waals surface area contributed by atoms with Gasteiger partial charge in [-0.3, -0.25) is 9.69 Å². The van der Waals surface area contributed by atoms with E-state index in [4.69, 9.17) is 21.1 Å². The van der Waals surface area contributed by atoms with Crippen LogP contribution in [0.2, 0.25) is 5.02 Å². The first-order chi connectivity index (χ1) is 17.7. The first-order valence-electron chi connectivity index (χ1n) is 11.6. The van der Waals surface area contributed by atoms with Crippen LogP contribution in [-0.4, -0.2) is 34.5 Å². The number of benzene rings is 3. The summed E-state index contributed by atoms with van der Waals surface area (Å²) in [5.41, 5.74) is 3.35. The van der Waals surface area contributed by atoms with Crippen LogP contribution in [0.4, 0.5) is 4.79 Å². The van der Waals surface area contributed by atoms with Gasteiger partial charge in [0.05, 0.1) is 23.7 Å². The van der Waals surface area contributed by atoms with E-state index in [-0.39, 0.29) is 35.2 Å². The van der Waals surface area contributed by atoms with E-state index in [0.29, 0.717) is 23.5 Å². The number of carboxylic acid groups (broad SMARTS) is 1. The number of imide groups is 1. The standard InChI is InChI=1S/C28H25ClN2O6/c1-3-36-24-14-20(12-22(29)25(24)37-16-19-8-5-9-21(11-19)27(33)34)13-23-26(32)31(28(35)30-23)15-18-7-4-6-17(2)10-18/h4-14H,3,15-16H2,1-2H3,(H,30,35)(H,33,34)/b23-13+. The van der Waals surface area contributed by atoms with E-state index < -0.39 is 17.9 Å². The molecule has 0 atom stereocenters. The second kappa shape index (κ2) is 11.2. The van der Waals surface area contributed by atoms with Gasteiger partial charge in [-0.1, -0.05) is 53.6 Å². The van der Waals surface area contributed by atoms with Crippen molar-refractivity contribution < 1.29 is 29.0 Å². The Kier molecular flexibility index (Phi) is 7.79. The summed E-state index contributed by atoms with van der Waals surface area (Å²) in [6.45, 7) is 4.32. The van der Waals surface area contributed by atoms with Crippen molar-refractivity contribution in [2.45, 2.75) is 27.0 Å². The number of urea groups is 1. The predicted molar refractivity (Wildman–Crippen MR) is 139 cm³/mol. The van der Waals surface area contributed by atoms with Crippen molar-refractivity contribution in [1.29, 1.82) is 0 Å². The average Bonchev–Trinajstić information content (AvgIpc) is 3.11. The van der Waals surface area contributed by atoms with Crippen LogP contribution in [0.1, 0.15) is 39.5 Å². The van der Waals surface area contributed by atoms with Crippen LogP contribution in [0, 0.1) is 6.92 Å². The first-order valence-corrected chi connectivity index (χ1v) is 11.9. The molecule has 0 saturated carbocycles. The molecule has 0 radical (unpaired) electrons. The molecule has 0 unspecified atom stereocenters. The molecule has 0 bridgehead atoms. The van der Waals surface area contributed by atoms with Crippen molar-refractivity contribution in [3.05, 3.63) is 99.2 Å². The molecule has 0 spiro atoms. The van der Waals surface area contributed by atoms with Crippen molar-refractivity contribution in [3.63, 3.8) is 0 Å². The maximum absolute atomic E-state index is 13.0. The molecule has 190 valence electrons. The third-order valence-electron chi connectivity index (χ3n) is 5.59. The molecule has 3 amide bonds. The van der Waals surface area contributed by atoms with Crippen molar-refractivity contribution in [3.8, 4) is 11.5 Å². The fourth-order valence-electron chi connectivity index (χ4n) is 3.90. The van der Waals surface area contributed by atoms with Crippen molar-refractivity contribution >= 4 is 35.6 Å². The average molecular weight is 521 g/mol. The molecule has 37 heavy (non-hydrogen) atoms. The highest BCUT2D eigenvalue weighted by molar-refractivity contribution is 6.32.